The maximum atomic E-state index is 5.10. The van der Waals surface area contributed by atoms with Crippen LogP contribution in [0.2, 0.25) is 0 Å². The van der Waals surface area contributed by atoms with E-state index in [1.807, 2.05) is 6.20 Å². The molecule has 1 aliphatic rings. The van der Waals surface area contributed by atoms with E-state index in [-0.39, 0.29) is 10.8 Å². The molecule has 2 aromatic heterocycles. The summed E-state index contributed by atoms with van der Waals surface area (Å²) in [5.41, 5.74) is 9.25. The number of anilines is 2. The molecule has 1 aliphatic heterocycles. The molecule has 4 rings (SSSR count). The SMILES string of the molecule is CC(C)(C)c1cnc2c3c(c(C(C)(C)C)nc2c1)Cc1ccccc1N3. The highest BCUT2D eigenvalue weighted by Crippen LogP contribution is 2.41. The van der Waals surface area contributed by atoms with Crippen molar-refractivity contribution < 1.29 is 0 Å². The van der Waals surface area contributed by atoms with E-state index in [1.54, 1.807) is 0 Å². The monoisotopic (exact) mass is 345 g/mol. The predicted molar refractivity (Wildman–Crippen MR) is 109 cm³/mol. The molecule has 3 heteroatoms. The van der Waals surface area contributed by atoms with E-state index in [4.69, 9.17) is 9.97 Å². The van der Waals surface area contributed by atoms with E-state index in [2.05, 4.69) is 77.2 Å². The largest absolute Gasteiger partial charge is 0.353 e. The molecule has 0 amide bonds. The minimum Gasteiger partial charge on any atom is -0.353 e. The molecule has 0 aliphatic carbocycles. The van der Waals surface area contributed by atoms with Crippen LogP contribution >= 0.6 is 0 Å². The van der Waals surface area contributed by atoms with Gasteiger partial charge in [0, 0.05) is 29.3 Å². The average molecular weight is 345 g/mol. The number of fused-ring (bicyclic) bond motifs is 4. The van der Waals surface area contributed by atoms with Crippen LogP contribution in [0, 0.1) is 0 Å². The van der Waals surface area contributed by atoms with Crippen LogP contribution in [0.1, 0.15) is 63.9 Å². The minimum atomic E-state index is -0.0238. The number of para-hydroxylation sites is 1. The minimum absolute atomic E-state index is 0.0238. The molecule has 0 unspecified atom stereocenters. The van der Waals surface area contributed by atoms with Gasteiger partial charge < -0.3 is 5.32 Å². The third-order valence-electron chi connectivity index (χ3n) is 5.14. The first-order valence-electron chi connectivity index (χ1n) is 9.33. The summed E-state index contributed by atoms with van der Waals surface area (Å²) < 4.78 is 0. The molecule has 134 valence electrons. The summed E-state index contributed by atoms with van der Waals surface area (Å²) in [5, 5.41) is 3.65. The lowest BCUT2D eigenvalue weighted by Crippen LogP contribution is -2.21. The fraction of sp³-hybridized carbons (Fsp3) is 0.391. The zero-order chi connectivity index (χ0) is 18.7. The lowest BCUT2D eigenvalue weighted by atomic mass is 9.83. The molecule has 3 aromatic rings. The van der Waals surface area contributed by atoms with Gasteiger partial charge in [0.15, 0.2) is 0 Å². The van der Waals surface area contributed by atoms with Crippen molar-refractivity contribution in [2.45, 2.75) is 58.8 Å². The Morgan fingerprint density at radius 1 is 0.962 bits per heavy atom. The van der Waals surface area contributed by atoms with Crippen LogP contribution in [0.3, 0.4) is 0 Å². The molecule has 0 spiro atoms. The highest BCUT2D eigenvalue weighted by molar-refractivity contribution is 5.94. The Labute approximate surface area is 155 Å². The second kappa shape index (κ2) is 5.54. The van der Waals surface area contributed by atoms with Gasteiger partial charge in [-0.05, 0) is 28.7 Å². The zero-order valence-corrected chi connectivity index (χ0v) is 16.6. The van der Waals surface area contributed by atoms with Crippen molar-refractivity contribution in [1.29, 1.82) is 0 Å². The van der Waals surface area contributed by atoms with Gasteiger partial charge in [-0.1, -0.05) is 59.7 Å². The van der Waals surface area contributed by atoms with Gasteiger partial charge in [-0.25, -0.2) is 0 Å². The van der Waals surface area contributed by atoms with E-state index < -0.39 is 0 Å². The summed E-state index contributed by atoms with van der Waals surface area (Å²) in [6, 6.07) is 10.7. The number of aromatic nitrogens is 2. The van der Waals surface area contributed by atoms with Gasteiger partial charge in [-0.3, -0.25) is 9.97 Å². The van der Waals surface area contributed by atoms with Crippen molar-refractivity contribution in [2.24, 2.45) is 0 Å². The van der Waals surface area contributed by atoms with Crippen LogP contribution in [0.25, 0.3) is 11.0 Å². The van der Waals surface area contributed by atoms with Crippen molar-refractivity contribution in [3.8, 4) is 0 Å². The highest BCUT2D eigenvalue weighted by Gasteiger charge is 2.28. The summed E-state index contributed by atoms with van der Waals surface area (Å²) in [7, 11) is 0. The molecule has 0 atom stereocenters. The normalized spacial score (nSPS) is 13.9. The Hall–Kier alpha value is -2.42. The summed E-state index contributed by atoms with van der Waals surface area (Å²) in [6.45, 7) is 13.4. The lowest BCUT2D eigenvalue weighted by molar-refractivity contribution is 0.564. The Morgan fingerprint density at radius 2 is 1.69 bits per heavy atom. The van der Waals surface area contributed by atoms with Gasteiger partial charge in [-0.2, -0.15) is 0 Å². The molecule has 26 heavy (non-hydrogen) atoms. The number of benzene rings is 1. The average Bonchev–Trinajstić information content (AvgIpc) is 2.57. The van der Waals surface area contributed by atoms with Crippen molar-refractivity contribution in [3.05, 3.63) is 58.9 Å². The quantitative estimate of drug-likeness (QED) is 0.433. The summed E-state index contributed by atoms with van der Waals surface area (Å²) in [6.07, 6.45) is 2.90. The molecule has 1 N–H and O–H groups in total. The number of nitrogens with zero attached hydrogens (tertiary/aromatic N) is 2. The van der Waals surface area contributed by atoms with Crippen LogP contribution in [0.4, 0.5) is 11.4 Å². The Morgan fingerprint density at radius 3 is 2.38 bits per heavy atom. The van der Waals surface area contributed by atoms with Crippen molar-refractivity contribution >= 4 is 22.4 Å². The molecule has 0 radical (unpaired) electrons. The van der Waals surface area contributed by atoms with E-state index in [1.165, 1.54) is 22.4 Å². The van der Waals surface area contributed by atoms with Gasteiger partial charge in [0.25, 0.3) is 0 Å². The van der Waals surface area contributed by atoms with Gasteiger partial charge in [0.05, 0.1) is 16.9 Å². The van der Waals surface area contributed by atoms with Gasteiger partial charge in [0.1, 0.15) is 5.52 Å². The van der Waals surface area contributed by atoms with Crippen LogP contribution in [-0.2, 0) is 17.3 Å². The van der Waals surface area contributed by atoms with Crippen LogP contribution in [0.5, 0.6) is 0 Å². The fourth-order valence-corrected chi connectivity index (χ4v) is 3.64. The smallest absolute Gasteiger partial charge is 0.112 e. The maximum Gasteiger partial charge on any atom is 0.112 e. The predicted octanol–water partition coefficient (Wildman–Crippen LogP) is 5.87. The van der Waals surface area contributed by atoms with Gasteiger partial charge in [0.2, 0.25) is 0 Å². The molecule has 0 saturated heterocycles. The fourth-order valence-electron chi connectivity index (χ4n) is 3.64. The molecule has 0 saturated carbocycles. The number of rotatable bonds is 0. The third kappa shape index (κ3) is 2.76. The number of hydrogen-bond acceptors (Lipinski definition) is 3. The zero-order valence-electron chi connectivity index (χ0n) is 16.6. The lowest BCUT2D eigenvalue weighted by Gasteiger charge is -2.29. The molecule has 3 nitrogen and oxygen atoms in total. The molecule has 3 heterocycles. The molecule has 0 fully saturated rings. The first kappa shape index (κ1) is 17.0. The number of nitrogens with one attached hydrogen (secondary N) is 1. The number of pyridine rings is 2. The van der Waals surface area contributed by atoms with Crippen LogP contribution in [-0.4, -0.2) is 9.97 Å². The first-order chi connectivity index (χ1) is 12.1. The molecule has 0 bridgehead atoms. The summed E-state index contributed by atoms with van der Waals surface area (Å²) in [4.78, 5) is 9.94. The molecule has 1 aromatic carbocycles. The molecular weight excluding hydrogens is 318 g/mol. The Kier molecular flexibility index (Phi) is 3.62. The van der Waals surface area contributed by atoms with Crippen LogP contribution in [0.15, 0.2) is 36.5 Å². The maximum absolute atomic E-state index is 5.10. The number of hydrogen-bond donors (Lipinski definition) is 1. The van der Waals surface area contributed by atoms with E-state index in [0.29, 0.717) is 0 Å². The second-order valence-electron chi connectivity index (χ2n) is 9.36. The van der Waals surface area contributed by atoms with Crippen molar-refractivity contribution in [3.63, 3.8) is 0 Å². The molecular formula is C23H27N3. The van der Waals surface area contributed by atoms with E-state index >= 15 is 0 Å². The standard InChI is InChI=1S/C23H27N3/c1-22(2,3)15-12-18-20(24-13-15)19-16(21(26-18)23(4,5)6)11-14-9-7-8-10-17(14)25-19/h7-10,12-13,25H,11H2,1-6H3. The summed E-state index contributed by atoms with van der Waals surface area (Å²) >= 11 is 0. The highest BCUT2D eigenvalue weighted by atomic mass is 14.9. The van der Waals surface area contributed by atoms with Gasteiger partial charge in [-0.15, -0.1) is 0 Å². The third-order valence-corrected chi connectivity index (χ3v) is 5.14. The topological polar surface area (TPSA) is 37.8 Å². The van der Waals surface area contributed by atoms with E-state index in [0.717, 1.165) is 28.8 Å². The van der Waals surface area contributed by atoms with Crippen molar-refractivity contribution in [2.75, 3.05) is 5.32 Å². The van der Waals surface area contributed by atoms with E-state index in [9.17, 15) is 0 Å². The van der Waals surface area contributed by atoms with Gasteiger partial charge >= 0.3 is 0 Å². The first-order valence-corrected chi connectivity index (χ1v) is 9.33. The van der Waals surface area contributed by atoms with Crippen LogP contribution < -0.4 is 5.32 Å². The second-order valence-corrected chi connectivity index (χ2v) is 9.36. The summed E-state index contributed by atoms with van der Waals surface area (Å²) in [5.74, 6) is 0. The Bertz CT molecular complexity index is 1000. The Balaban J connectivity index is 2.01. The van der Waals surface area contributed by atoms with Crippen molar-refractivity contribution in [1.82, 2.24) is 9.97 Å².